The summed E-state index contributed by atoms with van der Waals surface area (Å²) in [4.78, 5) is 11.6. The Morgan fingerprint density at radius 2 is 2.25 bits per heavy atom. The summed E-state index contributed by atoms with van der Waals surface area (Å²) in [6.07, 6.45) is 1.20. The van der Waals surface area contributed by atoms with Gasteiger partial charge in [0.15, 0.2) is 0 Å². The first-order valence-electron chi connectivity index (χ1n) is 5.48. The number of rotatable bonds is 5. The third kappa shape index (κ3) is 3.64. The highest BCUT2D eigenvalue weighted by molar-refractivity contribution is 5.92. The molecule has 0 aliphatic rings. The number of aromatic nitrogens is 2. The topological polar surface area (TPSA) is 46.9 Å². The monoisotopic (exact) mass is 227 g/mol. The molecule has 1 N–H and O–H groups in total. The minimum absolute atomic E-state index is 0.229. The third-order valence-electron chi connectivity index (χ3n) is 2.20. The summed E-state index contributed by atoms with van der Waals surface area (Å²) in [5.74, 6) is -0.250. The molecule has 0 aliphatic carbocycles. The van der Waals surface area contributed by atoms with Crippen molar-refractivity contribution in [3.63, 3.8) is 0 Å². The Morgan fingerprint density at radius 1 is 1.56 bits per heavy atom. The minimum atomic E-state index is -0.895. The third-order valence-corrected chi connectivity index (χ3v) is 2.20. The van der Waals surface area contributed by atoms with Gasteiger partial charge in [-0.25, -0.2) is 4.39 Å². The van der Waals surface area contributed by atoms with Crippen molar-refractivity contribution in [3.8, 4) is 0 Å². The van der Waals surface area contributed by atoms with Gasteiger partial charge in [0.05, 0.1) is 6.17 Å². The van der Waals surface area contributed by atoms with E-state index < -0.39 is 6.17 Å². The van der Waals surface area contributed by atoms with Crippen LogP contribution >= 0.6 is 0 Å². The van der Waals surface area contributed by atoms with E-state index in [0.29, 0.717) is 18.7 Å². The Bertz CT molecular complexity index is 347. The molecular weight excluding hydrogens is 209 g/mol. The molecule has 0 saturated carbocycles. The summed E-state index contributed by atoms with van der Waals surface area (Å²) < 4.78 is 14.2. The molecule has 16 heavy (non-hydrogen) atoms. The van der Waals surface area contributed by atoms with Gasteiger partial charge in [0.25, 0.3) is 5.91 Å². The first-order chi connectivity index (χ1) is 7.50. The van der Waals surface area contributed by atoms with Crippen LogP contribution in [0.4, 0.5) is 4.39 Å². The van der Waals surface area contributed by atoms with E-state index in [0.717, 1.165) is 0 Å². The van der Waals surface area contributed by atoms with Crippen LogP contribution in [0.3, 0.4) is 0 Å². The molecule has 0 bridgehead atoms. The van der Waals surface area contributed by atoms with Crippen LogP contribution in [0, 0.1) is 0 Å². The van der Waals surface area contributed by atoms with Gasteiger partial charge < -0.3 is 5.32 Å². The molecule has 1 aromatic heterocycles. The molecule has 5 heteroatoms. The number of hydrogen-bond donors (Lipinski definition) is 1. The number of carbonyl (C=O) groups is 1. The van der Waals surface area contributed by atoms with E-state index in [9.17, 15) is 9.18 Å². The summed E-state index contributed by atoms with van der Waals surface area (Å²) in [6.45, 7) is 5.78. The molecule has 1 aromatic rings. The molecule has 1 atom stereocenters. The summed E-state index contributed by atoms with van der Waals surface area (Å²) in [7, 11) is 0. The van der Waals surface area contributed by atoms with Crippen LogP contribution in [0.2, 0.25) is 0 Å². The summed E-state index contributed by atoms with van der Waals surface area (Å²) in [5, 5.41) is 6.75. The average molecular weight is 227 g/mol. The first-order valence-corrected chi connectivity index (χ1v) is 5.48. The van der Waals surface area contributed by atoms with Crippen molar-refractivity contribution in [3.05, 3.63) is 18.0 Å². The zero-order valence-corrected chi connectivity index (χ0v) is 9.90. The van der Waals surface area contributed by atoms with Gasteiger partial charge in [-0.3, -0.25) is 9.48 Å². The number of amides is 1. The number of alkyl halides is 1. The molecule has 1 unspecified atom stereocenters. The Kier molecular flexibility index (Phi) is 4.46. The highest BCUT2D eigenvalue weighted by atomic mass is 19.1. The van der Waals surface area contributed by atoms with E-state index in [-0.39, 0.29) is 11.9 Å². The van der Waals surface area contributed by atoms with Gasteiger partial charge >= 0.3 is 0 Å². The maximum atomic E-state index is 12.5. The molecule has 1 rings (SSSR count). The summed E-state index contributed by atoms with van der Waals surface area (Å²) >= 11 is 0. The van der Waals surface area contributed by atoms with Crippen molar-refractivity contribution in [2.75, 3.05) is 6.54 Å². The number of hydrogen-bond acceptors (Lipinski definition) is 2. The lowest BCUT2D eigenvalue weighted by Crippen LogP contribution is -2.26. The molecule has 4 nitrogen and oxygen atoms in total. The Balaban J connectivity index is 2.46. The van der Waals surface area contributed by atoms with Crippen LogP contribution in [0.15, 0.2) is 12.3 Å². The molecule has 1 amide bonds. The highest BCUT2D eigenvalue weighted by Gasteiger charge is 2.10. The van der Waals surface area contributed by atoms with E-state index in [2.05, 4.69) is 10.4 Å². The molecule has 0 aromatic carbocycles. The van der Waals surface area contributed by atoms with E-state index >= 15 is 0 Å². The number of carbonyl (C=O) groups excluding carboxylic acids is 1. The lowest BCUT2D eigenvalue weighted by Gasteiger charge is -2.05. The zero-order valence-electron chi connectivity index (χ0n) is 9.90. The SMILES string of the molecule is CC(F)CCNC(=O)c1ccn(C(C)C)n1. The van der Waals surface area contributed by atoms with Gasteiger partial charge in [0.1, 0.15) is 5.69 Å². The molecule has 90 valence electrons. The number of halogens is 1. The van der Waals surface area contributed by atoms with Gasteiger partial charge in [0, 0.05) is 18.8 Å². The average Bonchev–Trinajstić information content (AvgIpc) is 2.65. The Morgan fingerprint density at radius 3 is 2.75 bits per heavy atom. The Labute approximate surface area is 94.8 Å². The van der Waals surface area contributed by atoms with Crippen molar-refractivity contribution in [1.82, 2.24) is 15.1 Å². The van der Waals surface area contributed by atoms with Crippen LogP contribution in [0.25, 0.3) is 0 Å². The maximum Gasteiger partial charge on any atom is 0.271 e. The zero-order chi connectivity index (χ0) is 12.1. The first kappa shape index (κ1) is 12.7. The molecule has 0 spiro atoms. The van der Waals surface area contributed by atoms with Crippen LogP contribution in [0.5, 0.6) is 0 Å². The van der Waals surface area contributed by atoms with Crippen LogP contribution < -0.4 is 5.32 Å². The fourth-order valence-corrected chi connectivity index (χ4v) is 1.22. The summed E-state index contributed by atoms with van der Waals surface area (Å²) in [5.41, 5.74) is 0.375. The van der Waals surface area contributed by atoms with Gasteiger partial charge in [0.2, 0.25) is 0 Å². The minimum Gasteiger partial charge on any atom is -0.351 e. The van der Waals surface area contributed by atoms with Gasteiger partial charge in [-0.05, 0) is 33.3 Å². The maximum absolute atomic E-state index is 12.5. The second-order valence-corrected chi connectivity index (χ2v) is 4.10. The smallest absolute Gasteiger partial charge is 0.271 e. The van der Waals surface area contributed by atoms with E-state index in [1.165, 1.54) is 6.92 Å². The Hall–Kier alpha value is -1.39. The second kappa shape index (κ2) is 5.63. The van der Waals surface area contributed by atoms with Crippen molar-refractivity contribution in [2.45, 2.75) is 39.4 Å². The molecule has 0 radical (unpaired) electrons. The standard InChI is InChI=1S/C11H18FN3O/c1-8(2)15-7-5-10(14-15)11(16)13-6-4-9(3)12/h5,7-9H,4,6H2,1-3H3,(H,13,16). The lowest BCUT2D eigenvalue weighted by molar-refractivity contribution is 0.0945. The van der Waals surface area contributed by atoms with Gasteiger partial charge in [-0.15, -0.1) is 0 Å². The van der Waals surface area contributed by atoms with Crippen molar-refractivity contribution in [2.24, 2.45) is 0 Å². The van der Waals surface area contributed by atoms with E-state index in [4.69, 9.17) is 0 Å². The fourth-order valence-electron chi connectivity index (χ4n) is 1.22. The normalized spacial score (nSPS) is 12.8. The van der Waals surface area contributed by atoms with E-state index in [1.807, 2.05) is 13.8 Å². The predicted octanol–water partition coefficient (Wildman–Crippen LogP) is 1.94. The molecule has 1 heterocycles. The van der Waals surface area contributed by atoms with Crippen LogP contribution in [-0.2, 0) is 0 Å². The van der Waals surface area contributed by atoms with Crippen molar-refractivity contribution < 1.29 is 9.18 Å². The molecular formula is C11H18FN3O. The number of nitrogens with zero attached hydrogens (tertiary/aromatic N) is 2. The number of nitrogens with one attached hydrogen (secondary N) is 1. The highest BCUT2D eigenvalue weighted by Crippen LogP contribution is 2.04. The second-order valence-electron chi connectivity index (χ2n) is 4.10. The quantitative estimate of drug-likeness (QED) is 0.835. The summed E-state index contributed by atoms with van der Waals surface area (Å²) in [6, 6.07) is 1.89. The van der Waals surface area contributed by atoms with Gasteiger partial charge in [-0.2, -0.15) is 5.10 Å². The fraction of sp³-hybridized carbons (Fsp3) is 0.636. The van der Waals surface area contributed by atoms with Gasteiger partial charge in [-0.1, -0.05) is 0 Å². The largest absolute Gasteiger partial charge is 0.351 e. The molecule has 0 aliphatic heterocycles. The van der Waals surface area contributed by atoms with E-state index in [1.54, 1.807) is 16.9 Å². The predicted molar refractivity (Wildman–Crippen MR) is 60.1 cm³/mol. The van der Waals surface area contributed by atoms with Crippen molar-refractivity contribution >= 4 is 5.91 Å². The van der Waals surface area contributed by atoms with Crippen LogP contribution in [-0.4, -0.2) is 28.4 Å². The van der Waals surface area contributed by atoms with Crippen LogP contribution in [0.1, 0.15) is 43.7 Å². The molecule has 0 saturated heterocycles. The lowest BCUT2D eigenvalue weighted by atomic mass is 10.3. The molecule has 0 fully saturated rings. The van der Waals surface area contributed by atoms with Crippen molar-refractivity contribution in [1.29, 1.82) is 0 Å².